The lowest BCUT2D eigenvalue weighted by molar-refractivity contribution is 0.117. The molecule has 0 aromatic carbocycles. The van der Waals surface area contributed by atoms with E-state index in [0.717, 1.165) is 0 Å². The molecule has 0 fully saturated rings. The van der Waals surface area contributed by atoms with E-state index in [2.05, 4.69) is 4.98 Å². The van der Waals surface area contributed by atoms with Crippen molar-refractivity contribution in [3.8, 4) is 0 Å². The number of hydrogen-bond acceptors (Lipinski definition) is 2. The standard InChI is InChI=1S/C9H11ClF2N2/c1-5-2-6(4-14-8(5)10)7(3-13)9(11)12/h2,4,7,9H,3,13H2,1H3. The second-order valence-electron chi connectivity index (χ2n) is 3.05. The van der Waals surface area contributed by atoms with Gasteiger partial charge in [0.05, 0.1) is 5.92 Å². The Bertz CT molecular complexity index is 318. The van der Waals surface area contributed by atoms with E-state index in [4.69, 9.17) is 17.3 Å². The van der Waals surface area contributed by atoms with E-state index in [1.165, 1.54) is 6.20 Å². The third-order valence-electron chi connectivity index (χ3n) is 2.02. The van der Waals surface area contributed by atoms with E-state index < -0.39 is 12.3 Å². The number of pyridine rings is 1. The summed E-state index contributed by atoms with van der Waals surface area (Å²) in [7, 11) is 0. The molecule has 0 bridgehead atoms. The molecule has 0 spiro atoms. The molecule has 0 aliphatic heterocycles. The zero-order valence-electron chi connectivity index (χ0n) is 7.67. The normalized spacial score (nSPS) is 13.3. The van der Waals surface area contributed by atoms with Crippen molar-refractivity contribution in [2.24, 2.45) is 5.73 Å². The molecule has 0 saturated heterocycles. The van der Waals surface area contributed by atoms with E-state index in [9.17, 15) is 8.78 Å². The molecule has 1 aromatic rings. The molecule has 0 amide bonds. The smallest absolute Gasteiger partial charge is 0.246 e. The predicted molar refractivity (Wildman–Crippen MR) is 51.8 cm³/mol. The third kappa shape index (κ3) is 2.39. The van der Waals surface area contributed by atoms with Gasteiger partial charge in [0, 0.05) is 12.7 Å². The van der Waals surface area contributed by atoms with Gasteiger partial charge in [0.2, 0.25) is 6.43 Å². The monoisotopic (exact) mass is 220 g/mol. The van der Waals surface area contributed by atoms with Crippen molar-refractivity contribution in [1.29, 1.82) is 0 Å². The first-order valence-electron chi connectivity index (χ1n) is 4.16. The molecule has 1 unspecified atom stereocenters. The van der Waals surface area contributed by atoms with Gasteiger partial charge < -0.3 is 5.73 Å². The molecule has 1 heterocycles. The van der Waals surface area contributed by atoms with Gasteiger partial charge >= 0.3 is 0 Å². The molecule has 0 aliphatic carbocycles. The van der Waals surface area contributed by atoms with E-state index in [-0.39, 0.29) is 6.54 Å². The van der Waals surface area contributed by atoms with Crippen LogP contribution in [-0.4, -0.2) is 18.0 Å². The van der Waals surface area contributed by atoms with Crippen LogP contribution in [-0.2, 0) is 0 Å². The van der Waals surface area contributed by atoms with Crippen LogP contribution < -0.4 is 5.73 Å². The largest absolute Gasteiger partial charge is 0.330 e. The number of aromatic nitrogens is 1. The zero-order valence-corrected chi connectivity index (χ0v) is 8.43. The molecule has 78 valence electrons. The number of hydrogen-bond donors (Lipinski definition) is 1. The highest BCUT2D eigenvalue weighted by Gasteiger charge is 2.21. The lowest BCUT2D eigenvalue weighted by Crippen LogP contribution is -2.19. The highest BCUT2D eigenvalue weighted by Crippen LogP contribution is 2.24. The molecule has 5 heteroatoms. The topological polar surface area (TPSA) is 38.9 Å². The number of nitrogens with zero attached hydrogens (tertiary/aromatic N) is 1. The van der Waals surface area contributed by atoms with Gasteiger partial charge in [-0.3, -0.25) is 0 Å². The molecule has 2 nitrogen and oxygen atoms in total. The Morgan fingerprint density at radius 1 is 1.57 bits per heavy atom. The van der Waals surface area contributed by atoms with Crippen LogP contribution in [0.4, 0.5) is 8.78 Å². The van der Waals surface area contributed by atoms with E-state index in [1.807, 2.05) is 0 Å². The van der Waals surface area contributed by atoms with Crippen molar-refractivity contribution in [2.45, 2.75) is 19.3 Å². The Hall–Kier alpha value is -0.740. The van der Waals surface area contributed by atoms with Gasteiger partial charge in [-0.25, -0.2) is 13.8 Å². The summed E-state index contributed by atoms with van der Waals surface area (Å²) in [4.78, 5) is 3.81. The van der Waals surface area contributed by atoms with Gasteiger partial charge in [-0.15, -0.1) is 0 Å². The summed E-state index contributed by atoms with van der Waals surface area (Å²) < 4.78 is 25.0. The fourth-order valence-electron chi connectivity index (χ4n) is 1.17. The first-order chi connectivity index (χ1) is 6.56. The summed E-state index contributed by atoms with van der Waals surface area (Å²) in [6.45, 7) is 1.62. The van der Waals surface area contributed by atoms with E-state index in [0.29, 0.717) is 16.3 Å². The van der Waals surface area contributed by atoms with Crippen molar-refractivity contribution >= 4 is 11.6 Å². The molecular formula is C9H11ClF2N2. The van der Waals surface area contributed by atoms with E-state index >= 15 is 0 Å². The van der Waals surface area contributed by atoms with Crippen molar-refractivity contribution in [1.82, 2.24) is 4.98 Å². The highest BCUT2D eigenvalue weighted by molar-refractivity contribution is 6.30. The van der Waals surface area contributed by atoms with Crippen LogP contribution >= 0.6 is 11.6 Å². The van der Waals surface area contributed by atoms with Crippen LogP contribution in [0.5, 0.6) is 0 Å². The van der Waals surface area contributed by atoms with Crippen molar-refractivity contribution in [3.05, 3.63) is 28.5 Å². The van der Waals surface area contributed by atoms with Gasteiger partial charge in [0.15, 0.2) is 0 Å². The predicted octanol–water partition coefficient (Wildman–Crippen LogP) is 2.35. The fraction of sp³-hybridized carbons (Fsp3) is 0.444. The number of alkyl halides is 2. The second-order valence-corrected chi connectivity index (χ2v) is 3.41. The van der Waals surface area contributed by atoms with Gasteiger partial charge in [0.25, 0.3) is 0 Å². The molecule has 2 N–H and O–H groups in total. The van der Waals surface area contributed by atoms with Crippen LogP contribution in [0.15, 0.2) is 12.3 Å². The fourth-order valence-corrected chi connectivity index (χ4v) is 1.27. The van der Waals surface area contributed by atoms with Crippen LogP contribution in [0.25, 0.3) is 0 Å². The van der Waals surface area contributed by atoms with Crippen molar-refractivity contribution in [2.75, 3.05) is 6.54 Å². The Labute approximate surface area is 86.1 Å². The molecule has 1 atom stereocenters. The first kappa shape index (κ1) is 11.3. The minimum absolute atomic E-state index is 0.0968. The molecule has 0 aliphatic rings. The van der Waals surface area contributed by atoms with Crippen LogP contribution in [0.1, 0.15) is 17.0 Å². The van der Waals surface area contributed by atoms with Crippen LogP contribution in [0.2, 0.25) is 5.15 Å². The number of nitrogens with two attached hydrogens (primary N) is 1. The lowest BCUT2D eigenvalue weighted by Gasteiger charge is -2.14. The maximum absolute atomic E-state index is 12.5. The summed E-state index contributed by atoms with van der Waals surface area (Å²) in [5, 5.41) is 0.332. The zero-order chi connectivity index (χ0) is 10.7. The Balaban J connectivity index is 3.00. The van der Waals surface area contributed by atoms with Crippen molar-refractivity contribution in [3.63, 3.8) is 0 Å². The number of halogens is 3. The lowest BCUT2D eigenvalue weighted by atomic mass is 10.0. The maximum Gasteiger partial charge on any atom is 0.246 e. The van der Waals surface area contributed by atoms with Gasteiger partial charge in [-0.1, -0.05) is 17.7 Å². The minimum atomic E-state index is -2.47. The first-order valence-corrected chi connectivity index (χ1v) is 4.54. The average Bonchev–Trinajstić information content (AvgIpc) is 2.11. The Kier molecular flexibility index (Phi) is 3.77. The van der Waals surface area contributed by atoms with E-state index in [1.54, 1.807) is 13.0 Å². The third-order valence-corrected chi connectivity index (χ3v) is 2.42. The van der Waals surface area contributed by atoms with Crippen LogP contribution in [0.3, 0.4) is 0 Å². The maximum atomic E-state index is 12.5. The van der Waals surface area contributed by atoms with Gasteiger partial charge in [-0.05, 0) is 18.1 Å². The minimum Gasteiger partial charge on any atom is -0.330 e. The quantitative estimate of drug-likeness (QED) is 0.795. The van der Waals surface area contributed by atoms with Gasteiger partial charge in [0.1, 0.15) is 5.15 Å². The van der Waals surface area contributed by atoms with Gasteiger partial charge in [-0.2, -0.15) is 0 Å². The average molecular weight is 221 g/mol. The molecule has 0 saturated carbocycles. The summed E-state index contributed by atoms with van der Waals surface area (Å²) in [5.74, 6) is -0.960. The van der Waals surface area contributed by atoms with Crippen molar-refractivity contribution < 1.29 is 8.78 Å². The molecule has 14 heavy (non-hydrogen) atoms. The highest BCUT2D eigenvalue weighted by atomic mass is 35.5. The SMILES string of the molecule is Cc1cc(C(CN)C(F)F)cnc1Cl. The summed E-state index contributed by atoms with van der Waals surface area (Å²) >= 11 is 5.68. The van der Waals surface area contributed by atoms with Crippen LogP contribution in [0, 0.1) is 6.92 Å². The summed E-state index contributed by atoms with van der Waals surface area (Å²) in [5.41, 5.74) is 6.37. The Morgan fingerprint density at radius 2 is 2.21 bits per heavy atom. The summed E-state index contributed by atoms with van der Waals surface area (Å²) in [6, 6.07) is 1.60. The number of aryl methyl sites for hydroxylation is 1. The molecule has 1 rings (SSSR count). The molecule has 0 radical (unpaired) electrons. The second kappa shape index (κ2) is 4.66. The number of rotatable bonds is 3. The Morgan fingerprint density at radius 3 is 2.64 bits per heavy atom. The molecular weight excluding hydrogens is 210 g/mol. The summed E-state index contributed by atoms with van der Waals surface area (Å²) in [6.07, 6.45) is -1.12. The molecule has 1 aromatic heterocycles.